The van der Waals surface area contributed by atoms with Crippen molar-refractivity contribution in [3.63, 3.8) is 0 Å². The molecule has 1 unspecified atom stereocenters. The van der Waals surface area contributed by atoms with E-state index in [1.165, 1.54) is 12.8 Å². The summed E-state index contributed by atoms with van der Waals surface area (Å²) >= 11 is 1.84. The zero-order valence-corrected chi connectivity index (χ0v) is 8.53. The zero-order chi connectivity index (χ0) is 8.69. The first-order valence-electron chi connectivity index (χ1n) is 4.22. The fourth-order valence-electron chi connectivity index (χ4n) is 1.00. The Bertz CT molecular complexity index is 110. The molecule has 11 heavy (non-hydrogen) atoms. The summed E-state index contributed by atoms with van der Waals surface area (Å²) in [4.78, 5) is 0. The van der Waals surface area contributed by atoms with Gasteiger partial charge in [0.05, 0.1) is 0 Å². The molecular weight excluding hydrogens is 154 g/mol. The highest BCUT2D eigenvalue weighted by Crippen LogP contribution is 2.22. The lowest BCUT2D eigenvalue weighted by Gasteiger charge is -2.13. The summed E-state index contributed by atoms with van der Waals surface area (Å²) < 4.78 is 0. The van der Waals surface area contributed by atoms with Gasteiger partial charge in [0.25, 0.3) is 0 Å². The van der Waals surface area contributed by atoms with E-state index in [1.807, 2.05) is 17.2 Å². The maximum Gasteiger partial charge on any atom is 0.00888 e. The summed E-state index contributed by atoms with van der Waals surface area (Å²) in [5.41, 5.74) is 5.26. The molecular formula is C9H19NS. The molecule has 0 rings (SSSR count). The topological polar surface area (TPSA) is 26.0 Å². The van der Waals surface area contributed by atoms with E-state index >= 15 is 0 Å². The third kappa shape index (κ3) is 6.29. The van der Waals surface area contributed by atoms with Crippen LogP contribution in [0.1, 0.15) is 33.6 Å². The Hall–Kier alpha value is -0.110. The lowest BCUT2D eigenvalue weighted by Crippen LogP contribution is -2.03. The number of nitrogens with two attached hydrogens (primary N) is 1. The molecule has 0 fully saturated rings. The number of hydrogen-bond donors (Lipinski definition) is 1. The second-order valence-corrected chi connectivity index (χ2v) is 4.34. The lowest BCUT2D eigenvalue weighted by atomic mass is 10.1. The first-order chi connectivity index (χ1) is 5.20. The number of hydrogen-bond acceptors (Lipinski definition) is 2. The summed E-state index contributed by atoms with van der Waals surface area (Å²) in [7, 11) is 0. The van der Waals surface area contributed by atoms with Crippen LogP contribution in [0.25, 0.3) is 0 Å². The van der Waals surface area contributed by atoms with Crippen molar-refractivity contribution in [1.82, 2.24) is 0 Å². The lowest BCUT2D eigenvalue weighted by molar-refractivity contribution is 0.561. The molecule has 0 aliphatic heterocycles. The molecule has 1 atom stereocenters. The standard InChI is InChI=1S/C9H19NS/c1-4-9(7-8(2)3)11-6-5-10/h5-6,8-9H,4,7,10H2,1-3H3/b6-5-. The molecule has 0 bridgehead atoms. The second-order valence-electron chi connectivity index (χ2n) is 3.12. The van der Waals surface area contributed by atoms with Crippen LogP contribution in [0.15, 0.2) is 11.6 Å². The van der Waals surface area contributed by atoms with Crippen LogP contribution in [0, 0.1) is 5.92 Å². The summed E-state index contributed by atoms with van der Waals surface area (Å²) in [6, 6.07) is 0. The van der Waals surface area contributed by atoms with E-state index in [0.717, 1.165) is 11.2 Å². The third-order valence-electron chi connectivity index (χ3n) is 1.54. The fraction of sp³-hybridized carbons (Fsp3) is 0.778. The van der Waals surface area contributed by atoms with Crippen LogP contribution in [0.5, 0.6) is 0 Å². The van der Waals surface area contributed by atoms with E-state index in [9.17, 15) is 0 Å². The molecule has 0 aromatic rings. The number of thioether (sulfide) groups is 1. The normalized spacial score (nSPS) is 14.5. The Morgan fingerprint density at radius 2 is 2.09 bits per heavy atom. The molecule has 0 aromatic heterocycles. The van der Waals surface area contributed by atoms with Crippen molar-refractivity contribution in [3.05, 3.63) is 11.6 Å². The Labute approximate surface area is 74.4 Å². The van der Waals surface area contributed by atoms with Gasteiger partial charge < -0.3 is 5.73 Å². The van der Waals surface area contributed by atoms with E-state index in [2.05, 4.69) is 20.8 Å². The largest absolute Gasteiger partial charge is 0.404 e. The molecule has 66 valence electrons. The molecule has 0 aliphatic rings. The van der Waals surface area contributed by atoms with Crippen LogP contribution in [-0.4, -0.2) is 5.25 Å². The zero-order valence-electron chi connectivity index (χ0n) is 7.71. The van der Waals surface area contributed by atoms with E-state index in [1.54, 1.807) is 6.20 Å². The highest BCUT2D eigenvalue weighted by Gasteiger charge is 2.06. The minimum Gasteiger partial charge on any atom is -0.404 e. The Morgan fingerprint density at radius 1 is 1.45 bits per heavy atom. The van der Waals surface area contributed by atoms with Gasteiger partial charge in [-0.3, -0.25) is 0 Å². The van der Waals surface area contributed by atoms with Gasteiger partial charge in [-0.25, -0.2) is 0 Å². The van der Waals surface area contributed by atoms with Crippen LogP contribution in [-0.2, 0) is 0 Å². The first kappa shape index (κ1) is 10.9. The number of rotatable bonds is 5. The van der Waals surface area contributed by atoms with Gasteiger partial charge in [-0.1, -0.05) is 20.8 Å². The van der Waals surface area contributed by atoms with Crippen molar-refractivity contribution in [2.24, 2.45) is 11.7 Å². The van der Waals surface area contributed by atoms with Gasteiger partial charge in [-0.2, -0.15) is 0 Å². The Balaban J connectivity index is 3.57. The average Bonchev–Trinajstić information content (AvgIpc) is 1.97. The van der Waals surface area contributed by atoms with Gasteiger partial charge in [0.2, 0.25) is 0 Å². The quantitative estimate of drug-likeness (QED) is 0.691. The molecule has 0 spiro atoms. The predicted octanol–water partition coefficient (Wildman–Crippen LogP) is 2.97. The molecule has 0 amide bonds. The summed E-state index contributed by atoms with van der Waals surface area (Å²) in [5.74, 6) is 0.790. The average molecular weight is 173 g/mol. The molecule has 2 heteroatoms. The molecule has 0 aliphatic carbocycles. The van der Waals surface area contributed by atoms with Crippen LogP contribution in [0.3, 0.4) is 0 Å². The Morgan fingerprint density at radius 3 is 2.45 bits per heavy atom. The van der Waals surface area contributed by atoms with E-state index in [0.29, 0.717) is 0 Å². The minimum atomic E-state index is 0.745. The van der Waals surface area contributed by atoms with Crippen molar-refractivity contribution in [2.45, 2.75) is 38.9 Å². The first-order valence-corrected chi connectivity index (χ1v) is 5.17. The molecule has 0 saturated carbocycles. The Kier molecular flexibility index (Phi) is 6.52. The smallest absolute Gasteiger partial charge is 0.00888 e. The van der Waals surface area contributed by atoms with Crippen molar-refractivity contribution in [3.8, 4) is 0 Å². The van der Waals surface area contributed by atoms with Crippen LogP contribution in [0.4, 0.5) is 0 Å². The minimum absolute atomic E-state index is 0.745. The maximum absolute atomic E-state index is 5.26. The van der Waals surface area contributed by atoms with E-state index in [4.69, 9.17) is 5.73 Å². The molecule has 0 saturated heterocycles. The van der Waals surface area contributed by atoms with Gasteiger partial charge in [0.1, 0.15) is 0 Å². The molecule has 0 aromatic carbocycles. The monoisotopic (exact) mass is 173 g/mol. The SMILES string of the molecule is CCC(CC(C)C)S/C=C\N. The van der Waals surface area contributed by atoms with Gasteiger partial charge in [-0.05, 0) is 24.2 Å². The molecule has 1 nitrogen and oxygen atoms in total. The van der Waals surface area contributed by atoms with E-state index < -0.39 is 0 Å². The van der Waals surface area contributed by atoms with Gasteiger partial charge in [0, 0.05) is 11.4 Å². The van der Waals surface area contributed by atoms with Crippen molar-refractivity contribution < 1.29 is 0 Å². The molecule has 2 N–H and O–H groups in total. The molecule has 0 radical (unpaired) electrons. The van der Waals surface area contributed by atoms with Crippen molar-refractivity contribution in [2.75, 3.05) is 0 Å². The summed E-state index contributed by atoms with van der Waals surface area (Å²) in [6.07, 6.45) is 4.13. The van der Waals surface area contributed by atoms with Gasteiger partial charge in [0.15, 0.2) is 0 Å². The van der Waals surface area contributed by atoms with Gasteiger partial charge in [-0.15, -0.1) is 11.8 Å². The molecule has 0 heterocycles. The van der Waals surface area contributed by atoms with Gasteiger partial charge >= 0.3 is 0 Å². The highest BCUT2D eigenvalue weighted by molar-refractivity contribution is 8.02. The summed E-state index contributed by atoms with van der Waals surface area (Å²) in [5, 5.41) is 2.73. The van der Waals surface area contributed by atoms with Crippen LogP contribution < -0.4 is 5.73 Å². The third-order valence-corrected chi connectivity index (χ3v) is 2.76. The van der Waals surface area contributed by atoms with Crippen molar-refractivity contribution in [1.29, 1.82) is 0 Å². The van der Waals surface area contributed by atoms with Crippen molar-refractivity contribution >= 4 is 11.8 Å². The van der Waals surface area contributed by atoms with Crippen LogP contribution >= 0.6 is 11.8 Å². The fourth-order valence-corrected chi connectivity index (χ4v) is 2.00. The van der Waals surface area contributed by atoms with E-state index in [-0.39, 0.29) is 0 Å². The summed E-state index contributed by atoms with van der Waals surface area (Å²) in [6.45, 7) is 6.75. The predicted molar refractivity (Wildman–Crippen MR) is 54.5 cm³/mol. The van der Waals surface area contributed by atoms with Crippen LogP contribution in [0.2, 0.25) is 0 Å². The second kappa shape index (κ2) is 6.59. The maximum atomic E-state index is 5.26. The highest BCUT2D eigenvalue weighted by atomic mass is 32.2.